The SMILES string of the molecule is CCCNC(=O)[C@@H](CC)N(Cc1ccccc1)C(=O)CN(c1ccc(C)cc1)S(=O)(=O)c1ccccc1. The standard InChI is InChI=1S/C29H35N3O4S/c1-4-20-30-29(34)27(5-2)31(21-24-12-8-6-9-13-24)28(33)22-32(25-18-16-23(3)17-19-25)37(35,36)26-14-10-7-11-15-26/h6-19,27H,4-5,20-22H2,1-3H3,(H,30,34)/t27-/m1/s1. The molecule has 0 saturated heterocycles. The Kier molecular flexibility index (Phi) is 9.85. The van der Waals surface area contributed by atoms with Crippen molar-refractivity contribution in [3.05, 3.63) is 96.1 Å². The van der Waals surface area contributed by atoms with Crippen LogP contribution in [0.25, 0.3) is 0 Å². The summed E-state index contributed by atoms with van der Waals surface area (Å²) in [5, 5.41) is 2.89. The Morgan fingerprint density at radius 2 is 1.46 bits per heavy atom. The average Bonchev–Trinajstić information content (AvgIpc) is 2.92. The van der Waals surface area contributed by atoms with Gasteiger partial charge in [-0.15, -0.1) is 0 Å². The maximum Gasteiger partial charge on any atom is 0.264 e. The minimum Gasteiger partial charge on any atom is -0.354 e. The van der Waals surface area contributed by atoms with E-state index in [-0.39, 0.29) is 17.3 Å². The van der Waals surface area contributed by atoms with Crippen LogP contribution in [-0.2, 0) is 26.2 Å². The molecule has 1 atom stereocenters. The Hall–Kier alpha value is -3.65. The van der Waals surface area contributed by atoms with Crippen molar-refractivity contribution < 1.29 is 18.0 Å². The third-order valence-electron chi connectivity index (χ3n) is 6.06. The number of rotatable bonds is 12. The predicted octanol–water partition coefficient (Wildman–Crippen LogP) is 4.52. The highest BCUT2D eigenvalue weighted by Gasteiger charge is 2.33. The summed E-state index contributed by atoms with van der Waals surface area (Å²) in [4.78, 5) is 28.5. The number of nitrogens with zero attached hydrogens (tertiary/aromatic N) is 2. The van der Waals surface area contributed by atoms with Crippen molar-refractivity contribution in [2.24, 2.45) is 0 Å². The molecular weight excluding hydrogens is 486 g/mol. The van der Waals surface area contributed by atoms with E-state index in [1.165, 1.54) is 17.0 Å². The highest BCUT2D eigenvalue weighted by Crippen LogP contribution is 2.25. The number of amides is 2. The summed E-state index contributed by atoms with van der Waals surface area (Å²) in [6.45, 7) is 5.96. The Balaban J connectivity index is 2.02. The first kappa shape index (κ1) is 27.9. The van der Waals surface area contributed by atoms with Crippen molar-refractivity contribution in [1.82, 2.24) is 10.2 Å². The average molecular weight is 522 g/mol. The van der Waals surface area contributed by atoms with Gasteiger partial charge in [0.15, 0.2) is 0 Å². The third kappa shape index (κ3) is 7.20. The molecule has 3 rings (SSSR count). The number of aryl methyl sites for hydroxylation is 1. The molecular formula is C29H35N3O4S. The number of nitrogens with one attached hydrogen (secondary N) is 1. The maximum absolute atomic E-state index is 13.9. The first-order valence-corrected chi connectivity index (χ1v) is 14.0. The normalized spacial score (nSPS) is 12.0. The molecule has 0 spiro atoms. The van der Waals surface area contributed by atoms with Gasteiger partial charge in [0.1, 0.15) is 12.6 Å². The predicted molar refractivity (Wildman–Crippen MR) is 147 cm³/mol. The van der Waals surface area contributed by atoms with E-state index in [1.807, 2.05) is 63.2 Å². The Bertz CT molecular complexity index is 1260. The van der Waals surface area contributed by atoms with Crippen LogP contribution >= 0.6 is 0 Å². The van der Waals surface area contributed by atoms with E-state index >= 15 is 0 Å². The van der Waals surface area contributed by atoms with Gasteiger partial charge < -0.3 is 10.2 Å². The molecule has 0 aliphatic rings. The number of carbonyl (C=O) groups excluding carboxylic acids is 2. The van der Waals surface area contributed by atoms with Crippen LogP contribution in [0.4, 0.5) is 5.69 Å². The zero-order valence-electron chi connectivity index (χ0n) is 21.6. The van der Waals surface area contributed by atoms with Crippen LogP contribution in [0, 0.1) is 6.92 Å². The second kappa shape index (κ2) is 13.1. The lowest BCUT2D eigenvalue weighted by Gasteiger charge is -2.33. The number of anilines is 1. The minimum absolute atomic E-state index is 0.0886. The molecule has 0 radical (unpaired) electrons. The highest BCUT2D eigenvalue weighted by molar-refractivity contribution is 7.92. The summed E-state index contributed by atoms with van der Waals surface area (Å²) in [5.74, 6) is -0.705. The summed E-state index contributed by atoms with van der Waals surface area (Å²) in [6, 6.07) is 23.7. The zero-order chi connectivity index (χ0) is 26.8. The van der Waals surface area contributed by atoms with Gasteiger partial charge in [0.25, 0.3) is 10.0 Å². The number of hydrogen-bond donors (Lipinski definition) is 1. The summed E-state index contributed by atoms with van der Waals surface area (Å²) in [6.07, 6.45) is 1.16. The van der Waals surface area contributed by atoms with Crippen molar-refractivity contribution in [2.75, 3.05) is 17.4 Å². The molecule has 0 fully saturated rings. The number of carbonyl (C=O) groups is 2. The van der Waals surface area contributed by atoms with Gasteiger partial charge >= 0.3 is 0 Å². The van der Waals surface area contributed by atoms with E-state index in [2.05, 4.69) is 5.32 Å². The van der Waals surface area contributed by atoms with Gasteiger partial charge in [-0.3, -0.25) is 13.9 Å². The summed E-state index contributed by atoms with van der Waals surface area (Å²) in [7, 11) is -4.05. The molecule has 0 bridgehead atoms. The van der Waals surface area contributed by atoms with E-state index in [1.54, 1.807) is 30.3 Å². The van der Waals surface area contributed by atoms with Crippen LogP contribution in [0.5, 0.6) is 0 Å². The molecule has 0 heterocycles. The lowest BCUT2D eigenvalue weighted by atomic mass is 10.1. The molecule has 2 amide bonds. The highest BCUT2D eigenvalue weighted by atomic mass is 32.2. The fourth-order valence-corrected chi connectivity index (χ4v) is 5.46. The molecule has 3 aromatic carbocycles. The van der Waals surface area contributed by atoms with Gasteiger partial charge in [-0.25, -0.2) is 8.42 Å². The lowest BCUT2D eigenvalue weighted by Crippen LogP contribution is -2.52. The summed E-state index contributed by atoms with van der Waals surface area (Å²) in [5.41, 5.74) is 2.20. The fraction of sp³-hybridized carbons (Fsp3) is 0.310. The first-order chi connectivity index (χ1) is 17.8. The minimum atomic E-state index is -4.05. The second-order valence-corrected chi connectivity index (χ2v) is 10.7. The van der Waals surface area contributed by atoms with E-state index in [9.17, 15) is 18.0 Å². The topological polar surface area (TPSA) is 86.8 Å². The van der Waals surface area contributed by atoms with Crippen LogP contribution in [0.15, 0.2) is 89.8 Å². The molecule has 3 aromatic rings. The molecule has 0 unspecified atom stereocenters. The smallest absolute Gasteiger partial charge is 0.264 e. The van der Waals surface area contributed by atoms with Crippen LogP contribution in [0.2, 0.25) is 0 Å². The van der Waals surface area contributed by atoms with Crippen LogP contribution < -0.4 is 9.62 Å². The van der Waals surface area contributed by atoms with E-state index in [0.717, 1.165) is 21.9 Å². The zero-order valence-corrected chi connectivity index (χ0v) is 22.4. The molecule has 37 heavy (non-hydrogen) atoms. The van der Waals surface area contributed by atoms with E-state index in [0.29, 0.717) is 18.7 Å². The van der Waals surface area contributed by atoms with Gasteiger partial charge in [0, 0.05) is 13.1 Å². The summed E-state index contributed by atoms with van der Waals surface area (Å²) < 4.78 is 28.6. The molecule has 0 aromatic heterocycles. The monoisotopic (exact) mass is 521 g/mol. The van der Waals surface area contributed by atoms with Gasteiger partial charge in [0.05, 0.1) is 10.6 Å². The van der Waals surface area contributed by atoms with Crippen LogP contribution in [0.1, 0.15) is 37.8 Å². The Labute approximate surface area is 220 Å². The van der Waals surface area contributed by atoms with Gasteiger partial charge in [0.2, 0.25) is 11.8 Å². The number of sulfonamides is 1. The lowest BCUT2D eigenvalue weighted by molar-refractivity contribution is -0.140. The third-order valence-corrected chi connectivity index (χ3v) is 7.85. The molecule has 0 saturated carbocycles. The molecule has 196 valence electrons. The van der Waals surface area contributed by atoms with E-state index < -0.39 is 28.5 Å². The molecule has 8 heteroatoms. The number of hydrogen-bond acceptors (Lipinski definition) is 4. The quantitative estimate of drug-likeness (QED) is 0.380. The van der Waals surface area contributed by atoms with E-state index in [4.69, 9.17) is 0 Å². The van der Waals surface area contributed by atoms with Crippen LogP contribution in [0.3, 0.4) is 0 Å². The second-order valence-electron chi connectivity index (χ2n) is 8.88. The molecule has 0 aliphatic carbocycles. The Morgan fingerprint density at radius 1 is 0.865 bits per heavy atom. The van der Waals surface area contributed by atoms with Gasteiger partial charge in [-0.05, 0) is 49.6 Å². The summed E-state index contributed by atoms with van der Waals surface area (Å²) >= 11 is 0. The van der Waals surface area contributed by atoms with Gasteiger partial charge in [-0.2, -0.15) is 0 Å². The van der Waals surface area contributed by atoms with Gasteiger partial charge in [-0.1, -0.05) is 80.1 Å². The first-order valence-electron chi connectivity index (χ1n) is 12.5. The Morgan fingerprint density at radius 3 is 2.03 bits per heavy atom. The van der Waals surface area contributed by atoms with Crippen molar-refractivity contribution in [3.8, 4) is 0 Å². The van der Waals surface area contributed by atoms with Crippen molar-refractivity contribution in [2.45, 2.75) is 51.1 Å². The molecule has 1 N–H and O–H groups in total. The number of benzene rings is 3. The fourth-order valence-electron chi connectivity index (χ4n) is 4.03. The molecule has 7 nitrogen and oxygen atoms in total. The molecule has 0 aliphatic heterocycles. The van der Waals surface area contributed by atoms with Crippen molar-refractivity contribution in [3.63, 3.8) is 0 Å². The maximum atomic E-state index is 13.9. The largest absolute Gasteiger partial charge is 0.354 e. The van der Waals surface area contributed by atoms with Crippen LogP contribution in [-0.4, -0.2) is 44.3 Å². The van der Waals surface area contributed by atoms with Crippen molar-refractivity contribution in [1.29, 1.82) is 0 Å². The van der Waals surface area contributed by atoms with Crippen molar-refractivity contribution >= 4 is 27.5 Å².